The maximum absolute atomic E-state index is 13.5. The number of hydrogen-bond donors (Lipinski definition) is 0. The van der Waals surface area contributed by atoms with E-state index in [1.807, 2.05) is 39.1 Å². The Hall–Kier alpha value is -3.02. The van der Waals surface area contributed by atoms with Crippen LogP contribution in [0.4, 0.5) is 4.39 Å². The molecule has 30 heavy (non-hydrogen) atoms. The lowest BCUT2D eigenvalue weighted by atomic mass is 10.2. The molecule has 3 heterocycles. The maximum Gasteiger partial charge on any atom is 0.164 e. The Morgan fingerprint density at radius 2 is 2.03 bits per heavy atom. The molecule has 4 atom stereocenters. The highest BCUT2D eigenvalue weighted by Gasteiger charge is 2.56. The molecule has 1 aromatic carbocycles. The van der Waals surface area contributed by atoms with Crippen LogP contribution in [0.2, 0.25) is 0 Å². The predicted octanol–water partition coefficient (Wildman–Crippen LogP) is 3.66. The standard InChI is InChI=1S/C22H21FN4O3/c1-12-15-6-7-27(21(15)26-11-25-12)16-9-18(20-19(16)29-22(2,3)30-20)28-17-5-4-14(23)8-13(17)10-24/h4-8,11,16,18-20H,9H2,1-3H3/t16-,18+,19+,20-/m1/s1. The first kappa shape index (κ1) is 19.0. The molecule has 3 aromatic rings. The Kier molecular flexibility index (Phi) is 4.27. The van der Waals surface area contributed by atoms with E-state index in [0.717, 1.165) is 16.7 Å². The van der Waals surface area contributed by atoms with Gasteiger partial charge in [-0.15, -0.1) is 0 Å². The molecule has 1 saturated carbocycles. The number of ether oxygens (including phenoxy) is 3. The van der Waals surface area contributed by atoms with Crippen LogP contribution in [-0.4, -0.2) is 38.6 Å². The number of hydrogen-bond acceptors (Lipinski definition) is 6. The summed E-state index contributed by atoms with van der Waals surface area (Å²) >= 11 is 0. The van der Waals surface area contributed by atoms with Crippen LogP contribution in [0.5, 0.6) is 5.75 Å². The number of nitriles is 1. The van der Waals surface area contributed by atoms with Crippen molar-refractivity contribution in [3.8, 4) is 11.8 Å². The van der Waals surface area contributed by atoms with Gasteiger partial charge in [-0.25, -0.2) is 14.4 Å². The van der Waals surface area contributed by atoms with Crippen molar-refractivity contribution in [2.24, 2.45) is 0 Å². The van der Waals surface area contributed by atoms with Crippen LogP contribution in [0.3, 0.4) is 0 Å². The molecule has 0 N–H and O–H groups in total. The monoisotopic (exact) mass is 408 g/mol. The van der Waals surface area contributed by atoms with Gasteiger partial charge in [0.05, 0.1) is 17.3 Å². The normalized spacial score (nSPS) is 27.2. The van der Waals surface area contributed by atoms with E-state index in [-0.39, 0.29) is 29.9 Å². The number of nitrogens with zero attached hydrogens (tertiary/aromatic N) is 4. The van der Waals surface area contributed by atoms with E-state index in [4.69, 9.17) is 14.2 Å². The molecule has 2 aromatic heterocycles. The Bertz CT molecular complexity index is 1170. The minimum Gasteiger partial charge on any atom is -0.486 e. The van der Waals surface area contributed by atoms with Crippen molar-refractivity contribution in [2.45, 2.75) is 57.3 Å². The summed E-state index contributed by atoms with van der Waals surface area (Å²) in [7, 11) is 0. The van der Waals surface area contributed by atoms with Crippen molar-refractivity contribution in [1.82, 2.24) is 14.5 Å². The summed E-state index contributed by atoms with van der Waals surface area (Å²) in [6, 6.07) is 7.88. The third-order valence-electron chi connectivity index (χ3n) is 5.79. The van der Waals surface area contributed by atoms with Gasteiger partial charge in [0.15, 0.2) is 5.79 Å². The van der Waals surface area contributed by atoms with Gasteiger partial charge in [-0.3, -0.25) is 0 Å². The molecule has 0 spiro atoms. The summed E-state index contributed by atoms with van der Waals surface area (Å²) in [6.07, 6.45) is 3.20. The van der Waals surface area contributed by atoms with Crippen molar-refractivity contribution in [3.05, 3.63) is 53.9 Å². The van der Waals surface area contributed by atoms with Crippen molar-refractivity contribution in [1.29, 1.82) is 5.26 Å². The van der Waals surface area contributed by atoms with Crippen LogP contribution in [-0.2, 0) is 9.47 Å². The second-order valence-corrected chi connectivity index (χ2v) is 8.20. The van der Waals surface area contributed by atoms with Crippen LogP contribution < -0.4 is 4.74 Å². The molecule has 154 valence electrons. The second kappa shape index (κ2) is 6.76. The first-order chi connectivity index (χ1) is 14.4. The second-order valence-electron chi connectivity index (χ2n) is 8.20. The SMILES string of the molecule is Cc1ncnc2c1ccn2[C@@H]1C[C@H](Oc2ccc(F)cc2C#N)[C@H]2OC(C)(C)O[C@H]21. The number of halogens is 1. The van der Waals surface area contributed by atoms with Gasteiger partial charge in [-0.1, -0.05) is 0 Å². The Balaban J connectivity index is 1.52. The van der Waals surface area contributed by atoms with E-state index >= 15 is 0 Å². The first-order valence-corrected chi connectivity index (χ1v) is 9.86. The van der Waals surface area contributed by atoms with Gasteiger partial charge in [0, 0.05) is 18.0 Å². The van der Waals surface area contributed by atoms with Gasteiger partial charge in [0.2, 0.25) is 0 Å². The summed E-state index contributed by atoms with van der Waals surface area (Å²) < 4.78 is 34.2. The van der Waals surface area contributed by atoms with Gasteiger partial charge in [-0.05, 0) is 45.0 Å². The van der Waals surface area contributed by atoms with Gasteiger partial charge in [0.25, 0.3) is 0 Å². The zero-order valence-electron chi connectivity index (χ0n) is 16.9. The van der Waals surface area contributed by atoms with Gasteiger partial charge in [-0.2, -0.15) is 5.26 Å². The summed E-state index contributed by atoms with van der Waals surface area (Å²) in [5.41, 5.74) is 1.90. The smallest absolute Gasteiger partial charge is 0.164 e. The van der Waals surface area contributed by atoms with Crippen LogP contribution in [0.15, 0.2) is 36.8 Å². The molecule has 7 nitrogen and oxygen atoms in total. The van der Waals surface area contributed by atoms with E-state index in [9.17, 15) is 9.65 Å². The van der Waals surface area contributed by atoms with Crippen molar-refractivity contribution < 1.29 is 18.6 Å². The van der Waals surface area contributed by atoms with Crippen molar-refractivity contribution >= 4 is 11.0 Å². The highest BCUT2D eigenvalue weighted by molar-refractivity contribution is 5.78. The average Bonchev–Trinajstić information content (AvgIpc) is 3.35. The summed E-state index contributed by atoms with van der Waals surface area (Å²) in [5.74, 6) is -0.895. The van der Waals surface area contributed by atoms with Gasteiger partial charge in [0.1, 0.15) is 47.9 Å². The highest BCUT2D eigenvalue weighted by Crippen LogP contribution is 2.46. The lowest BCUT2D eigenvalue weighted by Crippen LogP contribution is -2.33. The minimum absolute atomic E-state index is 0.0699. The number of aryl methyl sites for hydroxylation is 1. The van der Waals surface area contributed by atoms with E-state index in [1.54, 1.807) is 6.33 Å². The zero-order valence-corrected chi connectivity index (χ0v) is 16.9. The number of aromatic nitrogens is 3. The molecular weight excluding hydrogens is 387 g/mol. The van der Waals surface area contributed by atoms with Crippen LogP contribution in [0.25, 0.3) is 11.0 Å². The molecule has 8 heteroatoms. The summed E-state index contributed by atoms with van der Waals surface area (Å²) in [5, 5.41) is 10.4. The van der Waals surface area contributed by atoms with E-state index in [1.165, 1.54) is 18.2 Å². The summed E-state index contributed by atoms with van der Waals surface area (Å²) in [4.78, 5) is 8.74. The average molecular weight is 408 g/mol. The molecule has 2 fully saturated rings. The molecule has 1 aliphatic heterocycles. The van der Waals surface area contributed by atoms with Crippen molar-refractivity contribution in [2.75, 3.05) is 0 Å². The third-order valence-corrected chi connectivity index (χ3v) is 5.79. The minimum atomic E-state index is -0.760. The van der Waals surface area contributed by atoms with E-state index in [2.05, 4.69) is 14.5 Å². The van der Waals surface area contributed by atoms with Gasteiger partial charge >= 0.3 is 0 Å². The first-order valence-electron chi connectivity index (χ1n) is 9.86. The topological polar surface area (TPSA) is 82.2 Å². The number of fused-ring (bicyclic) bond motifs is 2. The van der Waals surface area contributed by atoms with E-state index in [0.29, 0.717) is 12.2 Å². The Morgan fingerprint density at radius 1 is 1.23 bits per heavy atom. The molecule has 1 aliphatic carbocycles. The Labute approximate surface area is 173 Å². The molecule has 1 saturated heterocycles. The van der Waals surface area contributed by atoms with Crippen LogP contribution >= 0.6 is 0 Å². The molecule has 0 bridgehead atoms. The summed E-state index contributed by atoms with van der Waals surface area (Å²) in [6.45, 7) is 5.70. The fourth-order valence-corrected chi connectivity index (χ4v) is 4.52. The molecule has 0 unspecified atom stereocenters. The largest absolute Gasteiger partial charge is 0.486 e. The number of benzene rings is 1. The lowest BCUT2D eigenvalue weighted by molar-refractivity contribution is -0.163. The quantitative estimate of drug-likeness (QED) is 0.658. The van der Waals surface area contributed by atoms with Crippen LogP contribution in [0, 0.1) is 24.1 Å². The fraction of sp³-hybridized carbons (Fsp3) is 0.409. The maximum atomic E-state index is 13.5. The lowest BCUT2D eigenvalue weighted by Gasteiger charge is -2.25. The number of rotatable bonds is 3. The third kappa shape index (κ3) is 3.02. The van der Waals surface area contributed by atoms with E-state index < -0.39 is 11.6 Å². The molecule has 2 aliphatic rings. The van der Waals surface area contributed by atoms with Gasteiger partial charge < -0.3 is 18.8 Å². The molecule has 0 radical (unpaired) electrons. The molecule has 0 amide bonds. The predicted molar refractivity (Wildman–Crippen MR) is 105 cm³/mol. The highest BCUT2D eigenvalue weighted by atomic mass is 19.1. The molecular formula is C22H21FN4O3. The Morgan fingerprint density at radius 3 is 2.83 bits per heavy atom. The zero-order chi connectivity index (χ0) is 21.0. The fourth-order valence-electron chi connectivity index (χ4n) is 4.52. The van der Waals surface area contributed by atoms with Crippen LogP contribution in [0.1, 0.15) is 37.6 Å². The molecule has 5 rings (SSSR count). The van der Waals surface area contributed by atoms with Crippen molar-refractivity contribution in [3.63, 3.8) is 0 Å².